The van der Waals surface area contributed by atoms with Gasteiger partial charge in [0.15, 0.2) is 0 Å². The predicted octanol–water partition coefficient (Wildman–Crippen LogP) is 4.59. The third kappa shape index (κ3) is 2.89. The zero-order valence-corrected chi connectivity index (χ0v) is 13.9. The molecule has 0 aliphatic carbocycles. The van der Waals surface area contributed by atoms with Crippen molar-refractivity contribution in [1.29, 1.82) is 0 Å². The number of piperidine rings is 2. The van der Waals surface area contributed by atoms with Crippen LogP contribution < -0.4 is 0 Å². The largest absolute Gasteiger partial charge is 0.300 e. The SMILES string of the molecule is c1cnc2c(SC[C@@H]3CCCN4CCCC[C@H]34)cccc2c1. The van der Waals surface area contributed by atoms with Crippen LogP contribution in [0.3, 0.4) is 0 Å². The van der Waals surface area contributed by atoms with Gasteiger partial charge in [-0.2, -0.15) is 0 Å². The molecule has 0 bridgehead atoms. The maximum Gasteiger partial charge on any atom is 0.0837 e. The molecule has 2 atom stereocenters. The third-order valence-corrected chi connectivity index (χ3v) is 6.51. The van der Waals surface area contributed by atoms with Crippen molar-refractivity contribution in [3.8, 4) is 0 Å². The van der Waals surface area contributed by atoms with Crippen LogP contribution in [0, 0.1) is 5.92 Å². The minimum atomic E-state index is 0.845. The standard InChI is InChI=1S/C19H24N2S/c1-2-12-21-13-5-8-16(17(21)9-1)14-22-18-10-3-6-15-7-4-11-20-19(15)18/h3-4,6-7,10-11,16-17H,1-2,5,8-9,12-14H2/t16-,17+/m0/s1. The number of pyridine rings is 1. The molecule has 0 amide bonds. The minimum absolute atomic E-state index is 0.845. The number of fused-ring (bicyclic) bond motifs is 2. The first-order valence-electron chi connectivity index (χ1n) is 8.62. The first kappa shape index (κ1) is 14.5. The summed E-state index contributed by atoms with van der Waals surface area (Å²) in [7, 11) is 0. The van der Waals surface area contributed by atoms with Gasteiger partial charge in [-0.05, 0) is 56.8 Å². The summed E-state index contributed by atoms with van der Waals surface area (Å²) in [5, 5.41) is 1.26. The molecule has 2 saturated heterocycles. The Balaban J connectivity index is 1.49. The Kier molecular flexibility index (Phi) is 4.35. The lowest BCUT2D eigenvalue weighted by molar-refractivity contribution is 0.0693. The molecule has 2 aliphatic rings. The normalized spacial score (nSPS) is 26.0. The van der Waals surface area contributed by atoms with E-state index in [1.807, 2.05) is 24.0 Å². The van der Waals surface area contributed by atoms with Gasteiger partial charge in [-0.15, -0.1) is 11.8 Å². The van der Waals surface area contributed by atoms with E-state index in [2.05, 4.69) is 34.1 Å². The highest BCUT2D eigenvalue weighted by molar-refractivity contribution is 7.99. The van der Waals surface area contributed by atoms with Crippen LogP contribution in [0.15, 0.2) is 41.4 Å². The summed E-state index contributed by atoms with van der Waals surface area (Å²) in [5.74, 6) is 2.11. The second-order valence-corrected chi connectivity index (χ2v) is 7.71. The lowest BCUT2D eigenvalue weighted by Crippen LogP contribution is -2.48. The highest BCUT2D eigenvalue weighted by Gasteiger charge is 2.32. The highest BCUT2D eigenvalue weighted by atomic mass is 32.2. The Morgan fingerprint density at radius 3 is 2.95 bits per heavy atom. The average molecular weight is 312 g/mol. The van der Waals surface area contributed by atoms with Gasteiger partial charge in [-0.1, -0.05) is 24.6 Å². The minimum Gasteiger partial charge on any atom is -0.300 e. The average Bonchev–Trinajstić information content (AvgIpc) is 2.60. The molecule has 1 aromatic heterocycles. The molecule has 2 fully saturated rings. The number of rotatable bonds is 3. The van der Waals surface area contributed by atoms with Gasteiger partial charge < -0.3 is 4.90 Å². The Bertz CT molecular complexity index is 635. The van der Waals surface area contributed by atoms with Crippen LogP contribution in [-0.2, 0) is 0 Å². The number of nitrogens with zero attached hydrogens (tertiary/aromatic N) is 2. The zero-order valence-electron chi connectivity index (χ0n) is 13.1. The first-order valence-corrected chi connectivity index (χ1v) is 9.61. The summed E-state index contributed by atoms with van der Waals surface area (Å²) in [6.45, 7) is 2.67. The molecular formula is C19H24N2S. The quantitative estimate of drug-likeness (QED) is 0.771. The lowest BCUT2D eigenvalue weighted by Gasteiger charge is -2.44. The predicted molar refractivity (Wildman–Crippen MR) is 94.4 cm³/mol. The summed E-state index contributed by atoms with van der Waals surface area (Å²) in [6, 6.07) is 11.6. The Morgan fingerprint density at radius 2 is 1.95 bits per heavy atom. The van der Waals surface area contributed by atoms with Gasteiger partial charge >= 0.3 is 0 Å². The van der Waals surface area contributed by atoms with Crippen LogP contribution in [-0.4, -0.2) is 34.8 Å². The van der Waals surface area contributed by atoms with E-state index in [9.17, 15) is 0 Å². The van der Waals surface area contributed by atoms with Crippen LogP contribution in [0.25, 0.3) is 10.9 Å². The van der Waals surface area contributed by atoms with Crippen molar-refractivity contribution in [3.63, 3.8) is 0 Å². The van der Waals surface area contributed by atoms with E-state index in [1.165, 1.54) is 66.7 Å². The number of hydrogen-bond donors (Lipinski definition) is 0. The van der Waals surface area contributed by atoms with Gasteiger partial charge in [0.2, 0.25) is 0 Å². The summed E-state index contributed by atoms with van der Waals surface area (Å²) < 4.78 is 0. The van der Waals surface area contributed by atoms with Gasteiger partial charge in [-0.3, -0.25) is 4.98 Å². The second kappa shape index (κ2) is 6.59. The molecule has 0 saturated carbocycles. The maximum absolute atomic E-state index is 4.60. The molecule has 1 aromatic carbocycles. The van der Waals surface area contributed by atoms with E-state index >= 15 is 0 Å². The Labute approximate surface area is 137 Å². The smallest absolute Gasteiger partial charge is 0.0837 e. The molecule has 3 heterocycles. The van der Waals surface area contributed by atoms with Gasteiger partial charge in [0, 0.05) is 28.3 Å². The number of para-hydroxylation sites is 1. The second-order valence-electron chi connectivity index (χ2n) is 6.64. The summed E-state index contributed by atoms with van der Waals surface area (Å²) >= 11 is 2.02. The van der Waals surface area contributed by atoms with Crippen LogP contribution in [0.2, 0.25) is 0 Å². The molecule has 0 radical (unpaired) electrons. The molecule has 0 unspecified atom stereocenters. The highest BCUT2D eigenvalue weighted by Crippen LogP contribution is 2.35. The molecule has 3 heteroatoms. The number of hydrogen-bond acceptors (Lipinski definition) is 3. The fourth-order valence-corrected chi connectivity index (χ4v) is 5.43. The summed E-state index contributed by atoms with van der Waals surface area (Å²) in [5.41, 5.74) is 1.17. The van der Waals surface area contributed by atoms with Crippen molar-refractivity contribution in [3.05, 3.63) is 36.5 Å². The molecule has 0 N–H and O–H groups in total. The van der Waals surface area contributed by atoms with Crippen molar-refractivity contribution < 1.29 is 0 Å². The van der Waals surface area contributed by atoms with E-state index in [1.54, 1.807) is 0 Å². The van der Waals surface area contributed by atoms with Crippen LogP contribution in [0.4, 0.5) is 0 Å². The van der Waals surface area contributed by atoms with E-state index in [0.717, 1.165) is 12.0 Å². The van der Waals surface area contributed by atoms with Crippen molar-refractivity contribution in [2.75, 3.05) is 18.8 Å². The molecule has 22 heavy (non-hydrogen) atoms. The van der Waals surface area contributed by atoms with E-state index in [-0.39, 0.29) is 0 Å². The fourth-order valence-electron chi connectivity index (χ4n) is 4.16. The van der Waals surface area contributed by atoms with E-state index < -0.39 is 0 Å². The van der Waals surface area contributed by atoms with Crippen LogP contribution in [0.5, 0.6) is 0 Å². The van der Waals surface area contributed by atoms with Gasteiger partial charge in [0.25, 0.3) is 0 Å². The van der Waals surface area contributed by atoms with Crippen molar-refractivity contribution in [2.45, 2.75) is 43.0 Å². The van der Waals surface area contributed by atoms with E-state index in [4.69, 9.17) is 0 Å². The molecular weight excluding hydrogens is 288 g/mol. The third-order valence-electron chi connectivity index (χ3n) is 5.28. The topological polar surface area (TPSA) is 16.1 Å². The van der Waals surface area contributed by atoms with Gasteiger partial charge in [-0.25, -0.2) is 0 Å². The molecule has 4 rings (SSSR count). The summed E-state index contributed by atoms with van der Waals surface area (Å²) in [4.78, 5) is 8.71. The van der Waals surface area contributed by atoms with E-state index in [0.29, 0.717) is 0 Å². The lowest BCUT2D eigenvalue weighted by atomic mass is 9.85. The monoisotopic (exact) mass is 312 g/mol. The number of aromatic nitrogens is 1. The number of benzene rings is 1. The maximum atomic E-state index is 4.60. The number of thioether (sulfide) groups is 1. The molecule has 116 valence electrons. The van der Waals surface area contributed by atoms with Gasteiger partial charge in [0.1, 0.15) is 0 Å². The van der Waals surface area contributed by atoms with Crippen molar-refractivity contribution in [1.82, 2.24) is 9.88 Å². The zero-order chi connectivity index (χ0) is 14.8. The van der Waals surface area contributed by atoms with Crippen LogP contribution in [0.1, 0.15) is 32.1 Å². The molecule has 0 spiro atoms. The summed E-state index contributed by atoms with van der Waals surface area (Å²) in [6.07, 6.45) is 8.96. The Hall–Kier alpha value is -1.06. The fraction of sp³-hybridized carbons (Fsp3) is 0.526. The Morgan fingerprint density at radius 1 is 1.05 bits per heavy atom. The first-order chi connectivity index (χ1) is 10.9. The molecule has 2 aliphatic heterocycles. The van der Waals surface area contributed by atoms with Gasteiger partial charge in [0.05, 0.1) is 5.52 Å². The molecule has 2 nitrogen and oxygen atoms in total. The van der Waals surface area contributed by atoms with Crippen molar-refractivity contribution >= 4 is 22.7 Å². The van der Waals surface area contributed by atoms with Crippen LogP contribution >= 0.6 is 11.8 Å². The molecule has 2 aromatic rings. The van der Waals surface area contributed by atoms with Crippen molar-refractivity contribution in [2.24, 2.45) is 5.92 Å².